The number of pyridine rings is 1. The molecule has 1 heterocycles. The van der Waals surface area contributed by atoms with E-state index in [0.29, 0.717) is 5.82 Å². The molecule has 0 bridgehead atoms. The fraction of sp³-hybridized carbons (Fsp3) is 0.0833. The second-order valence-corrected chi connectivity index (χ2v) is 4.08. The number of rotatable bonds is 2. The zero-order valence-corrected chi connectivity index (χ0v) is 9.29. The van der Waals surface area contributed by atoms with E-state index in [1.807, 2.05) is 12.1 Å². The first-order chi connectivity index (χ1) is 7.29. The molecule has 1 aromatic heterocycles. The lowest BCUT2D eigenvalue weighted by molar-refractivity contribution is 1.33. The van der Waals surface area contributed by atoms with Crippen molar-refractivity contribution in [1.29, 1.82) is 0 Å². The Hall–Kier alpha value is -1.48. The van der Waals surface area contributed by atoms with E-state index in [9.17, 15) is 0 Å². The highest BCUT2D eigenvalue weighted by Crippen LogP contribution is 2.24. The normalized spacial score (nSPS) is 10.2. The molecule has 0 fully saturated rings. The van der Waals surface area contributed by atoms with E-state index in [2.05, 4.69) is 35.5 Å². The van der Waals surface area contributed by atoms with Gasteiger partial charge in [0.2, 0.25) is 0 Å². The smallest absolute Gasteiger partial charge is 0.123 e. The van der Waals surface area contributed by atoms with Gasteiger partial charge in [0.25, 0.3) is 0 Å². The zero-order chi connectivity index (χ0) is 10.7. The first kappa shape index (κ1) is 10.1. The zero-order valence-electron chi connectivity index (χ0n) is 8.47. The predicted octanol–water partition coefficient (Wildman–Crippen LogP) is 3.05. The lowest BCUT2D eigenvalue weighted by Gasteiger charge is -2.04. The Morgan fingerprint density at radius 2 is 1.93 bits per heavy atom. The quantitative estimate of drug-likeness (QED) is 0.784. The third-order valence-electron chi connectivity index (χ3n) is 2.18. The van der Waals surface area contributed by atoms with Crippen molar-refractivity contribution in [2.45, 2.75) is 4.90 Å². The molecule has 0 aliphatic rings. The summed E-state index contributed by atoms with van der Waals surface area (Å²) in [5.41, 5.74) is 7.94. The van der Waals surface area contributed by atoms with Crippen LogP contribution in [0.25, 0.3) is 11.1 Å². The van der Waals surface area contributed by atoms with Crippen molar-refractivity contribution in [1.82, 2.24) is 4.98 Å². The Morgan fingerprint density at radius 1 is 1.13 bits per heavy atom. The molecule has 76 valence electrons. The molecule has 0 saturated carbocycles. The number of anilines is 1. The van der Waals surface area contributed by atoms with Gasteiger partial charge in [-0.25, -0.2) is 4.98 Å². The summed E-state index contributed by atoms with van der Waals surface area (Å²) in [5.74, 6) is 0.557. The van der Waals surface area contributed by atoms with E-state index in [4.69, 9.17) is 5.73 Å². The Labute approximate surface area is 93.5 Å². The molecule has 0 spiro atoms. The Bertz CT molecular complexity index is 469. The third kappa shape index (κ3) is 2.30. The van der Waals surface area contributed by atoms with Crippen molar-refractivity contribution >= 4 is 17.6 Å². The van der Waals surface area contributed by atoms with Gasteiger partial charge in [-0.15, -0.1) is 11.8 Å². The van der Waals surface area contributed by atoms with Gasteiger partial charge < -0.3 is 5.73 Å². The molecule has 0 saturated heterocycles. The summed E-state index contributed by atoms with van der Waals surface area (Å²) in [4.78, 5) is 5.23. The van der Waals surface area contributed by atoms with Crippen LogP contribution in [0.5, 0.6) is 0 Å². The fourth-order valence-electron chi connectivity index (χ4n) is 1.43. The van der Waals surface area contributed by atoms with Crippen LogP contribution in [0, 0.1) is 0 Å². The van der Waals surface area contributed by atoms with Gasteiger partial charge in [0.1, 0.15) is 5.82 Å². The number of nitrogen functional groups attached to an aromatic ring is 1. The monoisotopic (exact) mass is 216 g/mol. The molecular formula is C12H12N2S. The van der Waals surface area contributed by atoms with Gasteiger partial charge >= 0.3 is 0 Å². The summed E-state index contributed by atoms with van der Waals surface area (Å²) < 4.78 is 0. The van der Waals surface area contributed by atoms with E-state index in [1.165, 1.54) is 10.5 Å². The van der Waals surface area contributed by atoms with Gasteiger partial charge in [0.15, 0.2) is 0 Å². The standard InChI is InChI=1S/C12H12N2S/c1-15-11-4-2-3-9(7-11)10-5-6-14-12(13)8-10/h2-8H,1H3,(H2,13,14). The molecule has 0 radical (unpaired) electrons. The molecule has 3 heteroatoms. The summed E-state index contributed by atoms with van der Waals surface area (Å²) >= 11 is 1.73. The minimum Gasteiger partial charge on any atom is -0.384 e. The van der Waals surface area contributed by atoms with Crippen LogP contribution in [-0.4, -0.2) is 11.2 Å². The topological polar surface area (TPSA) is 38.9 Å². The van der Waals surface area contributed by atoms with E-state index in [0.717, 1.165) is 5.56 Å². The van der Waals surface area contributed by atoms with Crippen molar-refractivity contribution in [3.05, 3.63) is 42.6 Å². The van der Waals surface area contributed by atoms with Crippen LogP contribution in [0.1, 0.15) is 0 Å². The first-order valence-corrected chi connectivity index (χ1v) is 5.88. The molecular weight excluding hydrogens is 204 g/mol. The first-order valence-electron chi connectivity index (χ1n) is 4.65. The summed E-state index contributed by atoms with van der Waals surface area (Å²) in [6, 6.07) is 12.2. The fourth-order valence-corrected chi connectivity index (χ4v) is 1.89. The SMILES string of the molecule is CSc1cccc(-c2ccnc(N)c2)c1. The number of benzene rings is 1. The van der Waals surface area contributed by atoms with Crippen LogP contribution in [0.4, 0.5) is 5.82 Å². The van der Waals surface area contributed by atoms with Gasteiger partial charge in [-0.3, -0.25) is 0 Å². The van der Waals surface area contributed by atoms with Gasteiger partial charge in [-0.2, -0.15) is 0 Å². The Morgan fingerprint density at radius 3 is 2.67 bits per heavy atom. The van der Waals surface area contributed by atoms with E-state index in [-0.39, 0.29) is 0 Å². The average Bonchev–Trinajstić information content (AvgIpc) is 2.29. The molecule has 0 atom stereocenters. The van der Waals surface area contributed by atoms with Crippen molar-refractivity contribution in [2.24, 2.45) is 0 Å². The minimum atomic E-state index is 0.557. The summed E-state index contributed by atoms with van der Waals surface area (Å²) in [6.07, 6.45) is 3.80. The highest BCUT2D eigenvalue weighted by molar-refractivity contribution is 7.98. The molecule has 2 nitrogen and oxygen atoms in total. The average molecular weight is 216 g/mol. The Balaban J connectivity index is 2.44. The number of nitrogens with zero attached hydrogens (tertiary/aromatic N) is 1. The van der Waals surface area contributed by atoms with Crippen molar-refractivity contribution < 1.29 is 0 Å². The molecule has 2 rings (SSSR count). The predicted molar refractivity (Wildman–Crippen MR) is 65.9 cm³/mol. The van der Waals surface area contributed by atoms with Gasteiger partial charge in [0, 0.05) is 11.1 Å². The van der Waals surface area contributed by atoms with Gasteiger partial charge in [0.05, 0.1) is 0 Å². The third-order valence-corrected chi connectivity index (χ3v) is 2.91. The Kier molecular flexibility index (Phi) is 2.92. The lowest BCUT2D eigenvalue weighted by Crippen LogP contribution is -1.89. The maximum absolute atomic E-state index is 5.65. The molecule has 0 aliphatic heterocycles. The molecule has 1 aromatic carbocycles. The van der Waals surface area contributed by atoms with Crippen LogP contribution >= 0.6 is 11.8 Å². The van der Waals surface area contributed by atoms with Crippen LogP contribution in [0.2, 0.25) is 0 Å². The molecule has 0 unspecified atom stereocenters. The number of aromatic nitrogens is 1. The number of nitrogens with two attached hydrogens (primary N) is 1. The second kappa shape index (κ2) is 4.36. The van der Waals surface area contributed by atoms with E-state index < -0.39 is 0 Å². The van der Waals surface area contributed by atoms with Crippen LogP contribution in [0.15, 0.2) is 47.5 Å². The van der Waals surface area contributed by atoms with Crippen molar-refractivity contribution in [2.75, 3.05) is 12.0 Å². The maximum atomic E-state index is 5.65. The van der Waals surface area contributed by atoms with Crippen molar-refractivity contribution in [3.63, 3.8) is 0 Å². The molecule has 2 N–H and O–H groups in total. The molecule has 0 aliphatic carbocycles. The highest BCUT2D eigenvalue weighted by atomic mass is 32.2. The van der Waals surface area contributed by atoms with Gasteiger partial charge in [-0.05, 0) is 41.6 Å². The van der Waals surface area contributed by atoms with Crippen LogP contribution in [-0.2, 0) is 0 Å². The maximum Gasteiger partial charge on any atom is 0.123 e. The highest BCUT2D eigenvalue weighted by Gasteiger charge is 1.99. The molecule has 0 amide bonds. The van der Waals surface area contributed by atoms with Gasteiger partial charge in [-0.1, -0.05) is 12.1 Å². The number of hydrogen-bond acceptors (Lipinski definition) is 3. The van der Waals surface area contributed by atoms with Crippen molar-refractivity contribution in [3.8, 4) is 11.1 Å². The minimum absolute atomic E-state index is 0.557. The largest absolute Gasteiger partial charge is 0.384 e. The van der Waals surface area contributed by atoms with Crippen LogP contribution < -0.4 is 5.73 Å². The number of hydrogen-bond donors (Lipinski definition) is 1. The number of thioether (sulfide) groups is 1. The molecule has 2 aromatic rings. The summed E-state index contributed by atoms with van der Waals surface area (Å²) in [7, 11) is 0. The van der Waals surface area contributed by atoms with E-state index in [1.54, 1.807) is 18.0 Å². The summed E-state index contributed by atoms with van der Waals surface area (Å²) in [6.45, 7) is 0. The lowest BCUT2D eigenvalue weighted by atomic mass is 10.1. The second-order valence-electron chi connectivity index (χ2n) is 3.20. The molecule has 15 heavy (non-hydrogen) atoms. The van der Waals surface area contributed by atoms with E-state index >= 15 is 0 Å². The van der Waals surface area contributed by atoms with Crippen LogP contribution in [0.3, 0.4) is 0 Å². The summed E-state index contributed by atoms with van der Waals surface area (Å²) in [5, 5.41) is 0.